The van der Waals surface area contributed by atoms with E-state index >= 15 is 0 Å². The highest BCUT2D eigenvalue weighted by Gasteiger charge is 2.25. The zero-order valence-corrected chi connectivity index (χ0v) is 13.3. The van der Waals surface area contributed by atoms with Crippen LogP contribution in [0.4, 0.5) is 5.69 Å². The molecule has 1 heterocycles. The van der Waals surface area contributed by atoms with Crippen molar-refractivity contribution in [3.05, 3.63) is 47.4 Å². The lowest BCUT2D eigenvalue weighted by Crippen LogP contribution is -2.30. The van der Waals surface area contributed by atoms with Crippen molar-refractivity contribution in [3.8, 4) is 0 Å². The molecule has 0 spiro atoms. The van der Waals surface area contributed by atoms with Gasteiger partial charge in [0.25, 0.3) is 0 Å². The largest absolute Gasteiger partial charge is 0.468 e. The number of nitrogens with zero attached hydrogens (tertiary/aromatic N) is 1. The fraction of sp³-hybridized carbons (Fsp3) is 0.333. The fourth-order valence-corrected chi connectivity index (χ4v) is 3.63. The average Bonchev–Trinajstić information content (AvgIpc) is 2.94. The first-order valence-corrected chi connectivity index (χ1v) is 8.19. The second kappa shape index (κ2) is 5.91. The van der Waals surface area contributed by atoms with Crippen LogP contribution in [-0.4, -0.2) is 19.3 Å². The summed E-state index contributed by atoms with van der Waals surface area (Å²) in [5.41, 5.74) is 8.15. The first-order valence-electron chi connectivity index (χ1n) is 6.75. The zero-order valence-electron chi connectivity index (χ0n) is 12.5. The number of nitrogens with two attached hydrogens (primary N) is 1. The van der Waals surface area contributed by atoms with Crippen molar-refractivity contribution in [2.75, 3.05) is 12.3 Å². The molecule has 2 aromatic rings. The van der Waals surface area contributed by atoms with Crippen molar-refractivity contribution in [3.63, 3.8) is 0 Å². The summed E-state index contributed by atoms with van der Waals surface area (Å²) in [6, 6.07) is 6.67. The third-order valence-corrected chi connectivity index (χ3v) is 5.48. The van der Waals surface area contributed by atoms with Gasteiger partial charge in [-0.1, -0.05) is 6.92 Å². The molecule has 2 rings (SSSR count). The molecule has 114 valence electrons. The highest BCUT2D eigenvalue weighted by atomic mass is 32.2. The molecule has 0 bridgehead atoms. The summed E-state index contributed by atoms with van der Waals surface area (Å²) < 4.78 is 32.1. The molecule has 1 aromatic carbocycles. The minimum atomic E-state index is -3.60. The van der Waals surface area contributed by atoms with Gasteiger partial charge in [-0.3, -0.25) is 0 Å². The van der Waals surface area contributed by atoms with Crippen LogP contribution in [0.25, 0.3) is 0 Å². The number of hydrogen-bond donors (Lipinski definition) is 1. The fourth-order valence-electron chi connectivity index (χ4n) is 2.09. The van der Waals surface area contributed by atoms with E-state index in [1.165, 1.54) is 16.6 Å². The number of sulfonamides is 1. The van der Waals surface area contributed by atoms with Crippen molar-refractivity contribution in [2.45, 2.75) is 32.2 Å². The summed E-state index contributed by atoms with van der Waals surface area (Å²) in [5, 5.41) is 0. The van der Waals surface area contributed by atoms with Crippen LogP contribution >= 0.6 is 0 Å². The molecule has 0 aliphatic rings. The molecule has 5 nitrogen and oxygen atoms in total. The lowest BCUT2D eigenvalue weighted by Gasteiger charge is -2.20. The number of anilines is 1. The van der Waals surface area contributed by atoms with Crippen molar-refractivity contribution < 1.29 is 12.8 Å². The van der Waals surface area contributed by atoms with Gasteiger partial charge in [-0.2, -0.15) is 4.31 Å². The van der Waals surface area contributed by atoms with Crippen molar-refractivity contribution >= 4 is 15.7 Å². The SMILES string of the molecule is CCN(Cc1ccco1)S(=O)(=O)c1cc(C)c(C)c(N)c1. The van der Waals surface area contributed by atoms with Gasteiger partial charge in [0, 0.05) is 12.2 Å². The topological polar surface area (TPSA) is 76.5 Å². The van der Waals surface area contributed by atoms with Crippen molar-refractivity contribution in [1.82, 2.24) is 4.31 Å². The molecule has 6 heteroatoms. The Hall–Kier alpha value is -1.79. The molecule has 0 fully saturated rings. The third-order valence-electron chi connectivity index (χ3n) is 3.58. The van der Waals surface area contributed by atoms with E-state index in [1.807, 2.05) is 13.8 Å². The molecule has 0 saturated heterocycles. The summed E-state index contributed by atoms with van der Waals surface area (Å²) in [6.45, 7) is 6.09. The monoisotopic (exact) mass is 308 g/mol. The Kier molecular flexibility index (Phi) is 4.39. The van der Waals surface area contributed by atoms with Gasteiger partial charge in [-0.15, -0.1) is 0 Å². The summed E-state index contributed by atoms with van der Waals surface area (Å²) in [4.78, 5) is 0.219. The Bertz CT molecular complexity index is 698. The van der Waals surface area contributed by atoms with Crippen LogP contribution in [0.15, 0.2) is 39.8 Å². The standard InChI is InChI=1S/C15H20N2O3S/c1-4-17(10-13-6-5-7-20-13)21(18,19)14-8-11(2)12(3)15(16)9-14/h5-9H,4,10,16H2,1-3H3. The highest BCUT2D eigenvalue weighted by Crippen LogP contribution is 2.25. The molecule has 0 saturated carbocycles. The Morgan fingerprint density at radius 3 is 2.52 bits per heavy atom. The molecule has 0 aliphatic carbocycles. The Morgan fingerprint density at radius 2 is 2.00 bits per heavy atom. The van der Waals surface area contributed by atoms with Crippen LogP contribution in [-0.2, 0) is 16.6 Å². The highest BCUT2D eigenvalue weighted by molar-refractivity contribution is 7.89. The Morgan fingerprint density at radius 1 is 1.29 bits per heavy atom. The van der Waals surface area contributed by atoms with E-state index in [-0.39, 0.29) is 11.4 Å². The minimum absolute atomic E-state index is 0.207. The van der Waals surface area contributed by atoms with E-state index in [1.54, 1.807) is 25.1 Å². The van der Waals surface area contributed by atoms with Gasteiger partial charge in [0.2, 0.25) is 10.0 Å². The average molecular weight is 308 g/mol. The smallest absolute Gasteiger partial charge is 0.243 e. The van der Waals surface area contributed by atoms with Crippen LogP contribution in [0.5, 0.6) is 0 Å². The molecule has 2 N–H and O–H groups in total. The van der Waals surface area contributed by atoms with Crippen LogP contribution in [0.2, 0.25) is 0 Å². The Balaban J connectivity index is 2.39. The number of aryl methyl sites for hydroxylation is 1. The zero-order chi connectivity index (χ0) is 15.6. The van der Waals surface area contributed by atoms with Crippen LogP contribution in [0.1, 0.15) is 23.8 Å². The van der Waals surface area contributed by atoms with E-state index < -0.39 is 10.0 Å². The molecule has 1 aromatic heterocycles. The molecule has 0 amide bonds. The molecule has 0 atom stereocenters. The van der Waals surface area contributed by atoms with Gasteiger partial charge < -0.3 is 10.2 Å². The summed E-state index contributed by atoms with van der Waals surface area (Å²) in [6.07, 6.45) is 1.53. The normalized spacial score (nSPS) is 12.0. The maximum absolute atomic E-state index is 12.7. The minimum Gasteiger partial charge on any atom is -0.468 e. The number of benzene rings is 1. The molecular formula is C15H20N2O3S. The lowest BCUT2D eigenvalue weighted by molar-refractivity contribution is 0.375. The van der Waals surface area contributed by atoms with Gasteiger partial charge in [-0.25, -0.2) is 8.42 Å². The summed E-state index contributed by atoms with van der Waals surface area (Å²) in [5.74, 6) is 0.609. The number of rotatable bonds is 5. The summed E-state index contributed by atoms with van der Waals surface area (Å²) >= 11 is 0. The van der Waals surface area contributed by atoms with Gasteiger partial charge in [0.15, 0.2) is 0 Å². The predicted octanol–water partition coefficient (Wildman–Crippen LogP) is 2.69. The van der Waals surface area contributed by atoms with Gasteiger partial charge in [0.05, 0.1) is 17.7 Å². The molecule has 0 aliphatic heterocycles. The van der Waals surface area contributed by atoms with Gasteiger partial charge >= 0.3 is 0 Å². The van der Waals surface area contributed by atoms with Crippen LogP contribution in [0, 0.1) is 13.8 Å². The van der Waals surface area contributed by atoms with Crippen LogP contribution < -0.4 is 5.73 Å². The molecule has 21 heavy (non-hydrogen) atoms. The lowest BCUT2D eigenvalue weighted by atomic mass is 10.1. The van der Waals surface area contributed by atoms with Crippen LogP contribution in [0.3, 0.4) is 0 Å². The molecule has 0 unspecified atom stereocenters. The van der Waals surface area contributed by atoms with Gasteiger partial charge in [-0.05, 0) is 49.2 Å². The van der Waals surface area contributed by atoms with E-state index in [9.17, 15) is 8.42 Å². The quantitative estimate of drug-likeness (QED) is 0.862. The van der Waals surface area contributed by atoms with E-state index in [0.29, 0.717) is 18.0 Å². The van der Waals surface area contributed by atoms with Crippen molar-refractivity contribution in [2.24, 2.45) is 0 Å². The van der Waals surface area contributed by atoms with Crippen molar-refractivity contribution in [1.29, 1.82) is 0 Å². The number of hydrogen-bond acceptors (Lipinski definition) is 4. The number of furan rings is 1. The first kappa shape index (κ1) is 15.6. The second-order valence-corrected chi connectivity index (χ2v) is 6.90. The van der Waals surface area contributed by atoms with E-state index in [0.717, 1.165) is 11.1 Å². The maximum Gasteiger partial charge on any atom is 0.243 e. The van der Waals surface area contributed by atoms with Gasteiger partial charge in [0.1, 0.15) is 5.76 Å². The molecule has 0 radical (unpaired) electrons. The predicted molar refractivity (Wildman–Crippen MR) is 82.3 cm³/mol. The first-order chi connectivity index (χ1) is 9.86. The van der Waals surface area contributed by atoms with E-state index in [2.05, 4.69) is 0 Å². The maximum atomic E-state index is 12.7. The molecular weight excluding hydrogens is 288 g/mol. The summed E-state index contributed by atoms with van der Waals surface area (Å²) in [7, 11) is -3.60. The Labute approximate surface area is 125 Å². The third kappa shape index (κ3) is 3.11. The second-order valence-electron chi connectivity index (χ2n) is 4.96. The van der Waals surface area contributed by atoms with E-state index in [4.69, 9.17) is 10.2 Å². The number of nitrogen functional groups attached to an aromatic ring is 1.